The maximum atomic E-state index is 4.37. The van der Waals surface area contributed by atoms with E-state index in [2.05, 4.69) is 48.4 Å². The van der Waals surface area contributed by atoms with E-state index in [1.807, 2.05) is 30.1 Å². The van der Waals surface area contributed by atoms with Crippen molar-refractivity contribution in [1.29, 1.82) is 0 Å². The van der Waals surface area contributed by atoms with Gasteiger partial charge in [0.05, 0.1) is 12.2 Å². The van der Waals surface area contributed by atoms with Crippen LogP contribution in [0.4, 0.5) is 0 Å². The lowest BCUT2D eigenvalue weighted by Crippen LogP contribution is -2.33. The summed E-state index contributed by atoms with van der Waals surface area (Å²) in [6, 6.07) is 4.77. The van der Waals surface area contributed by atoms with Crippen molar-refractivity contribution in [2.24, 2.45) is 0 Å². The molecule has 0 bridgehead atoms. The monoisotopic (exact) mass is 258 g/mol. The van der Waals surface area contributed by atoms with Crippen LogP contribution < -0.4 is 5.32 Å². The number of aryl methyl sites for hydroxylation is 2. The second kappa shape index (κ2) is 5.97. The minimum absolute atomic E-state index is 0.325. The SMILES string of the molecule is Cc1cnn(C(C)C(C)NCc2cccnc2C)c1. The third kappa shape index (κ3) is 3.41. The summed E-state index contributed by atoms with van der Waals surface area (Å²) in [6.45, 7) is 9.31. The molecule has 2 unspecified atom stereocenters. The maximum absolute atomic E-state index is 4.37. The van der Waals surface area contributed by atoms with Gasteiger partial charge in [-0.25, -0.2) is 0 Å². The van der Waals surface area contributed by atoms with E-state index in [4.69, 9.17) is 0 Å². The van der Waals surface area contributed by atoms with Crippen LogP contribution in [0.25, 0.3) is 0 Å². The first-order chi connectivity index (χ1) is 9.08. The molecule has 0 aliphatic rings. The Hall–Kier alpha value is -1.68. The molecule has 0 saturated carbocycles. The lowest BCUT2D eigenvalue weighted by molar-refractivity contribution is 0.364. The molecule has 2 heterocycles. The predicted molar refractivity (Wildman–Crippen MR) is 77.0 cm³/mol. The molecule has 0 aliphatic carbocycles. The van der Waals surface area contributed by atoms with Gasteiger partial charge >= 0.3 is 0 Å². The Balaban J connectivity index is 1.94. The van der Waals surface area contributed by atoms with Crippen molar-refractivity contribution >= 4 is 0 Å². The summed E-state index contributed by atoms with van der Waals surface area (Å²) in [4.78, 5) is 4.31. The fourth-order valence-electron chi connectivity index (χ4n) is 2.03. The highest BCUT2D eigenvalue weighted by atomic mass is 15.3. The zero-order valence-corrected chi connectivity index (χ0v) is 12.1. The van der Waals surface area contributed by atoms with Crippen LogP contribution >= 0.6 is 0 Å². The molecule has 4 heteroatoms. The van der Waals surface area contributed by atoms with Crippen LogP contribution in [0, 0.1) is 13.8 Å². The summed E-state index contributed by atoms with van der Waals surface area (Å²) >= 11 is 0. The number of pyridine rings is 1. The van der Waals surface area contributed by atoms with Gasteiger partial charge in [0, 0.05) is 30.7 Å². The summed E-state index contributed by atoms with van der Waals surface area (Å²) in [5, 5.41) is 7.92. The highest BCUT2D eigenvalue weighted by Crippen LogP contribution is 2.12. The van der Waals surface area contributed by atoms with Gasteiger partial charge < -0.3 is 5.32 Å². The summed E-state index contributed by atoms with van der Waals surface area (Å²) < 4.78 is 2.02. The van der Waals surface area contributed by atoms with Gasteiger partial charge in [0.15, 0.2) is 0 Å². The molecule has 0 spiro atoms. The smallest absolute Gasteiger partial charge is 0.0641 e. The molecule has 2 rings (SSSR count). The van der Waals surface area contributed by atoms with Crippen molar-refractivity contribution in [2.45, 2.75) is 46.3 Å². The van der Waals surface area contributed by atoms with Crippen molar-refractivity contribution in [2.75, 3.05) is 0 Å². The number of aromatic nitrogens is 3. The maximum Gasteiger partial charge on any atom is 0.0641 e. The van der Waals surface area contributed by atoms with Crippen LogP contribution in [0.15, 0.2) is 30.7 Å². The van der Waals surface area contributed by atoms with Gasteiger partial charge in [0.2, 0.25) is 0 Å². The number of hydrogen-bond donors (Lipinski definition) is 1. The predicted octanol–water partition coefficient (Wildman–Crippen LogP) is 2.63. The van der Waals surface area contributed by atoms with Crippen LogP contribution in [-0.2, 0) is 6.54 Å². The molecule has 0 amide bonds. The minimum Gasteiger partial charge on any atom is -0.308 e. The summed E-state index contributed by atoms with van der Waals surface area (Å²) in [7, 11) is 0. The molecule has 102 valence electrons. The standard InChI is InChI=1S/C15H22N4/c1-11-8-18-19(10-11)14(4)12(2)17-9-15-6-5-7-16-13(15)3/h5-8,10,12,14,17H,9H2,1-4H3. The molecule has 0 aliphatic heterocycles. The summed E-state index contributed by atoms with van der Waals surface area (Å²) in [5.74, 6) is 0. The van der Waals surface area contributed by atoms with E-state index >= 15 is 0 Å². The van der Waals surface area contributed by atoms with Gasteiger partial charge in [-0.3, -0.25) is 9.67 Å². The van der Waals surface area contributed by atoms with E-state index in [9.17, 15) is 0 Å². The summed E-state index contributed by atoms with van der Waals surface area (Å²) in [5.41, 5.74) is 3.53. The average molecular weight is 258 g/mol. The molecule has 19 heavy (non-hydrogen) atoms. The zero-order valence-electron chi connectivity index (χ0n) is 12.1. The third-order valence-electron chi connectivity index (χ3n) is 3.60. The van der Waals surface area contributed by atoms with Crippen molar-refractivity contribution in [3.05, 3.63) is 47.5 Å². The Kier molecular flexibility index (Phi) is 4.32. The van der Waals surface area contributed by atoms with Gasteiger partial charge in [0.1, 0.15) is 0 Å². The molecular weight excluding hydrogens is 236 g/mol. The second-order valence-electron chi connectivity index (χ2n) is 5.16. The van der Waals surface area contributed by atoms with E-state index in [1.54, 1.807) is 0 Å². The van der Waals surface area contributed by atoms with Crippen molar-refractivity contribution in [3.8, 4) is 0 Å². The van der Waals surface area contributed by atoms with Gasteiger partial charge in [-0.15, -0.1) is 0 Å². The minimum atomic E-state index is 0.325. The van der Waals surface area contributed by atoms with Crippen molar-refractivity contribution in [1.82, 2.24) is 20.1 Å². The van der Waals surface area contributed by atoms with Crippen LogP contribution in [0.5, 0.6) is 0 Å². The van der Waals surface area contributed by atoms with E-state index in [1.165, 1.54) is 11.1 Å². The van der Waals surface area contributed by atoms with Gasteiger partial charge in [-0.05, 0) is 44.9 Å². The molecule has 0 radical (unpaired) electrons. The van der Waals surface area contributed by atoms with Crippen LogP contribution in [0.1, 0.15) is 36.7 Å². The molecular formula is C15H22N4. The zero-order chi connectivity index (χ0) is 13.8. The molecule has 2 atom stereocenters. The fraction of sp³-hybridized carbons (Fsp3) is 0.467. The highest BCUT2D eigenvalue weighted by Gasteiger charge is 2.14. The third-order valence-corrected chi connectivity index (χ3v) is 3.60. The van der Waals surface area contributed by atoms with Gasteiger partial charge in [-0.2, -0.15) is 5.10 Å². The number of nitrogens with zero attached hydrogens (tertiary/aromatic N) is 3. The lowest BCUT2D eigenvalue weighted by atomic mass is 10.1. The first kappa shape index (κ1) is 13.7. The van der Waals surface area contributed by atoms with E-state index < -0.39 is 0 Å². The Morgan fingerprint density at radius 3 is 2.74 bits per heavy atom. The Bertz CT molecular complexity index is 532. The van der Waals surface area contributed by atoms with Crippen LogP contribution in [0.3, 0.4) is 0 Å². The van der Waals surface area contributed by atoms with Gasteiger partial charge in [-0.1, -0.05) is 6.07 Å². The average Bonchev–Trinajstić information content (AvgIpc) is 2.83. The molecule has 4 nitrogen and oxygen atoms in total. The lowest BCUT2D eigenvalue weighted by Gasteiger charge is -2.22. The van der Waals surface area contributed by atoms with E-state index in [0.29, 0.717) is 12.1 Å². The second-order valence-corrected chi connectivity index (χ2v) is 5.16. The molecule has 0 aromatic carbocycles. The Labute approximate surface area is 114 Å². The van der Waals surface area contributed by atoms with E-state index in [-0.39, 0.29) is 0 Å². The Morgan fingerprint density at radius 1 is 1.32 bits per heavy atom. The quantitative estimate of drug-likeness (QED) is 0.896. The Morgan fingerprint density at radius 2 is 2.11 bits per heavy atom. The highest BCUT2D eigenvalue weighted by molar-refractivity contribution is 5.18. The number of nitrogens with one attached hydrogen (secondary N) is 1. The van der Waals surface area contributed by atoms with Crippen LogP contribution in [-0.4, -0.2) is 20.8 Å². The number of hydrogen-bond acceptors (Lipinski definition) is 3. The molecule has 2 aromatic heterocycles. The first-order valence-corrected chi connectivity index (χ1v) is 6.72. The van der Waals surface area contributed by atoms with Crippen LogP contribution in [0.2, 0.25) is 0 Å². The molecule has 2 aromatic rings. The molecule has 1 N–H and O–H groups in total. The fourth-order valence-corrected chi connectivity index (χ4v) is 2.03. The normalized spacial score (nSPS) is 14.3. The topological polar surface area (TPSA) is 42.7 Å². The molecule has 0 saturated heterocycles. The van der Waals surface area contributed by atoms with Gasteiger partial charge in [0.25, 0.3) is 0 Å². The molecule has 0 fully saturated rings. The van der Waals surface area contributed by atoms with Crippen molar-refractivity contribution < 1.29 is 0 Å². The van der Waals surface area contributed by atoms with E-state index in [0.717, 1.165) is 12.2 Å². The summed E-state index contributed by atoms with van der Waals surface area (Å²) in [6.07, 6.45) is 5.81. The largest absolute Gasteiger partial charge is 0.308 e. The number of rotatable bonds is 5. The van der Waals surface area contributed by atoms with Crippen molar-refractivity contribution in [3.63, 3.8) is 0 Å². The first-order valence-electron chi connectivity index (χ1n) is 6.72.